The number of nitrogens with one attached hydrogen (secondary N) is 2. The van der Waals surface area contributed by atoms with Crippen molar-refractivity contribution in [3.63, 3.8) is 0 Å². The first kappa shape index (κ1) is 29.3. The Hall–Kier alpha value is -1.98. The van der Waals surface area contributed by atoms with Gasteiger partial charge in [-0.05, 0) is 62.0 Å². The summed E-state index contributed by atoms with van der Waals surface area (Å²) < 4.78 is 76.8. The van der Waals surface area contributed by atoms with E-state index in [2.05, 4.69) is 17.2 Å². The molecule has 0 bridgehead atoms. The van der Waals surface area contributed by atoms with E-state index in [0.29, 0.717) is 30.7 Å². The maximum Gasteiger partial charge on any atom is 0.427 e. The zero-order valence-corrected chi connectivity index (χ0v) is 20.3. The van der Waals surface area contributed by atoms with Gasteiger partial charge in [-0.1, -0.05) is 48.2 Å². The minimum Gasteiger partial charge on any atom is -0.373 e. The van der Waals surface area contributed by atoms with Gasteiger partial charge in [-0.3, -0.25) is 4.79 Å². The van der Waals surface area contributed by atoms with E-state index < -0.39 is 30.5 Å². The normalized spacial score (nSPS) is 20.0. The summed E-state index contributed by atoms with van der Waals surface area (Å²) in [4.78, 5) is 12.3. The van der Waals surface area contributed by atoms with E-state index in [1.165, 1.54) is 11.8 Å². The molecule has 1 aliphatic rings. The third kappa shape index (κ3) is 8.28. The molecule has 0 aromatic heterocycles. The molecule has 1 aromatic rings. The average Bonchev–Trinajstić information content (AvgIpc) is 2.75. The molecule has 35 heavy (non-hydrogen) atoms. The molecule has 11 heteroatoms. The van der Waals surface area contributed by atoms with Crippen molar-refractivity contribution in [2.75, 3.05) is 6.54 Å². The van der Waals surface area contributed by atoms with Crippen LogP contribution in [-0.4, -0.2) is 41.6 Å². The number of aliphatic hydroxyl groups is 1. The predicted molar refractivity (Wildman–Crippen MR) is 125 cm³/mol. The number of allylic oxidation sites excluding steroid dienone is 1. The number of halogens is 6. The Morgan fingerprint density at radius 1 is 1.09 bits per heavy atom. The first-order valence-electron chi connectivity index (χ1n) is 11.1. The van der Waals surface area contributed by atoms with Crippen LogP contribution in [-0.2, 0) is 4.79 Å². The topological polar surface area (TPSA) is 61.4 Å². The van der Waals surface area contributed by atoms with E-state index in [0.717, 1.165) is 16.7 Å². The van der Waals surface area contributed by atoms with Gasteiger partial charge in [-0.2, -0.15) is 26.3 Å². The van der Waals surface area contributed by atoms with Crippen LogP contribution in [0.5, 0.6) is 0 Å². The number of carbonyl (C=O) groups is 1. The quantitative estimate of drug-likeness (QED) is 0.343. The molecule has 3 N–H and O–H groups in total. The number of carbonyl (C=O) groups excluding carboxylic acids is 1. The zero-order chi connectivity index (χ0) is 26.4. The molecule has 0 spiro atoms. The highest BCUT2D eigenvalue weighted by Gasteiger charge is 2.70. The second-order valence-corrected chi connectivity index (χ2v) is 9.88. The second kappa shape index (κ2) is 11.8. The minimum absolute atomic E-state index is 0.0418. The number of amides is 1. The molecule has 0 atom stereocenters. The van der Waals surface area contributed by atoms with E-state index >= 15 is 0 Å². The number of hydrogen-bond donors (Lipinski definition) is 3. The van der Waals surface area contributed by atoms with Crippen LogP contribution < -0.4 is 10.6 Å². The Morgan fingerprint density at radius 3 is 2.14 bits per heavy atom. The van der Waals surface area contributed by atoms with Crippen LogP contribution in [0.25, 0.3) is 5.57 Å². The number of thioether (sulfide) groups is 1. The van der Waals surface area contributed by atoms with Gasteiger partial charge in [-0.25, -0.2) is 0 Å². The third-order valence-electron chi connectivity index (χ3n) is 6.07. The van der Waals surface area contributed by atoms with Crippen LogP contribution in [0.4, 0.5) is 26.3 Å². The molecule has 0 aliphatic heterocycles. The van der Waals surface area contributed by atoms with Crippen molar-refractivity contribution in [3.8, 4) is 0 Å². The highest BCUT2D eigenvalue weighted by Crippen LogP contribution is 2.43. The van der Waals surface area contributed by atoms with Crippen LogP contribution in [0.2, 0.25) is 0 Å². The highest BCUT2D eigenvalue weighted by molar-refractivity contribution is 8.05. The summed E-state index contributed by atoms with van der Waals surface area (Å²) in [7, 11) is 0. The zero-order valence-electron chi connectivity index (χ0n) is 19.5. The summed E-state index contributed by atoms with van der Waals surface area (Å²) in [5.74, 6) is -0.288. The molecule has 1 fully saturated rings. The number of benzene rings is 1. The van der Waals surface area contributed by atoms with E-state index in [9.17, 15) is 36.2 Å². The van der Waals surface area contributed by atoms with Crippen LogP contribution in [0.1, 0.15) is 50.2 Å². The van der Waals surface area contributed by atoms with Gasteiger partial charge in [0.1, 0.15) is 0 Å². The average molecular weight is 525 g/mol. The molecule has 1 amide bonds. The van der Waals surface area contributed by atoms with Gasteiger partial charge >= 0.3 is 12.4 Å². The fourth-order valence-electron chi connectivity index (χ4n) is 3.77. The molecule has 196 valence electrons. The Balaban J connectivity index is 1.76. The van der Waals surface area contributed by atoms with Gasteiger partial charge in [-0.15, -0.1) is 0 Å². The Labute approximate surface area is 205 Å². The van der Waals surface area contributed by atoms with Gasteiger partial charge in [0.25, 0.3) is 5.60 Å². The van der Waals surface area contributed by atoms with Gasteiger partial charge in [0.05, 0.1) is 5.03 Å². The highest BCUT2D eigenvalue weighted by atomic mass is 32.2. The Bertz CT molecular complexity index is 890. The van der Waals surface area contributed by atoms with Crippen molar-refractivity contribution in [2.45, 2.75) is 69.9 Å². The maximum atomic E-state index is 12.8. The summed E-state index contributed by atoms with van der Waals surface area (Å²) >= 11 is 1.28. The number of hydrogen-bond acceptors (Lipinski definition) is 4. The SMILES string of the molecule is C=C(NC(=O)CC1CCC(NCC(O)(C(F)(F)F)C(F)(F)F)CC1)S/C=C(\C)c1ccc(C)cc1. The lowest BCUT2D eigenvalue weighted by atomic mass is 9.83. The van der Waals surface area contributed by atoms with Crippen LogP contribution in [0.15, 0.2) is 41.3 Å². The summed E-state index contributed by atoms with van der Waals surface area (Å²) in [6.45, 7) is 6.12. The van der Waals surface area contributed by atoms with E-state index in [1.807, 2.05) is 43.5 Å². The van der Waals surface area contributed by atoms with Gasteiger partial charge in [0.2, 0.25) is 5.91 Å². The summed E-state index contributed by atoms with van der Waals surface area (Å²) in [5, 5.41) is 16.5. The fourth-order valence-corrected chi connectivity index (χ4v) is 4.39. The van der Waals surface area contributed by atoms with Crippen LogP contribution in [0, 0.1) is 12.8 Å². The maximum absolute atomic E-state index is 12.8. The molecule has 2 rings (SSSR count). The van der Waals surface area contributed by atoms with Crippen LogP contribution in [0.3, 0.4) is 0 Å². The number of alkyl halides is 6. The molecular weight excluding hydrogens is 494 g/mol. The number of rotatable bonds is 9. The van der Waals surface area contributed by atoms with E-state index in [4.69, 9.17) is 0 Å². The fraction of sp³-hybridized carbons (Fsp3) is 0.542. The standard InChI is InChI=1S/C24H30F6N2O2S/c1-15-4-8-19(9-5-15)16(2)13-35-17(3)32-21(33)12-18-6-10-20(11-7-18)31-14-22(34,23(25,26)27)24(28,29)30/h4-5,8-9,13,18,20,31,34H,3,6-7,10-12,14H2,1-2H3,(H,32,33)/b16-13+. The van der Waals surface area contributed by atoms with Gasteiger partial charge in [0.15, 0.2) is 0 Å². The van der Waals surface area contributed by atoms with Crippen molar-refractivity contribution in [3.05, 3.63) is 52.4 Å². The lowest BCUT2D eigenvalue weighted by Crippen LogP contribution is -2.63. The van der Waals surface area contributed by atoms with E-state index in [-0.39, 0.29) is 18.2 Å². The smallest absolute Gasteiger partial charge is 0.373 e. The summed E-state index contributed by atoms with van der Waals surface area (Å²) in [5.41, 5.74) is -1.59. The largest absolute Gasteiger partial charge is 0.427 e. The summed E-state index contributed by atoms with van der Waals surface area (Å²) in [6, 6.07) is 7.41. The molecule has 4 nitrogen and oxygen atoms in total. The van der Waals surface area contributed by atoms with Gasteiger partial charge in [0, 0.05) is 19.0 Å². The van der Waals surface area contributed by atoms with Crippen molar-refractivity contribution in [2.24, 2.45) is 5.92 Å². The first-order valence-corrected chi connectivity index (χ1v) is 12.0. The van der Waals surface area contributed by atoms with E-state index in [1.54, 1.807) is 0 Å². The van der Waals surface area contributed by atoms with Crippen molar-refractivity contribution < 1.29 is 36.2 Å². The molecule has 0 radical (unpaired) electrons. The molecule has 1 aromatic carbocycles. The minimum atomic E-state index is -5.85. The summed E-state index contributed by atoms with van der Waals surface area (Å²) in [6.07, 6.45) is -9.97. The second-order valence-electron chi connectivity index (χ2n) is 8.91. The molecule has 0 unspecified atom stereocenters. The number of aryl methyl sites for hydroxylation is 1. The van der Waals surface area contributed by atoms with Crippen molar-refractivity contribution in [1.29, 1.82) is 0 Å². The predicted octanol–water partition coefficient (Wildman–Crippen LogP) is 6.07. The molecule has 1 saturated carbocycles. The van der Waals surface area contributed by atoms with Crippen LogP contribution >= 0.6 is 11.8 Å². The van der Waals surface area contributed by atoms with Gasteiger partial charge < -0.3 is 15.7 Å². The molecular formula is C24H30F6N2O2S. The molecule has 1 aliphatic carbocycles. The Kier molecular flexibility index (Phi) is 9.89. The lowest BCUT2D eigenvalue weighted by Gasteiger charge is -2.35. The third-order valence-corrected chi connectivity index (χ3v) is 6.93. The molecule has 0 heterocycles. The van der Waals surface area contributed by atoms with Crippen molar-refractivity contribution >= 4 is 23.2 Å². The van der Waals surface area contributed by atoms with Crippen molar-refractivity contribution in [1.82, 2.24) is 10.6 Å². The first-order chi connectivity index (χ1) is 16.1. The molecule has 0 saturated heterocycles. The monoisotopic (exact) mass is 524 g/mol. The lowest BCUT2D eigenvalue weighted by molar-refractivity contribution is -0.365. The Morgan fingerprint density at radius 2 is 1.63 bits per heavy atom.